The smallest absolute Gasteiger partial charge is 0.332 e. The highest BCUT2D eigenvalue weighted by molar-refractivity contribution is 7.17. The summed E-state index contributed by atoms with van der Waals surface area (Å²) in [4.78, 5) is 50.9. The first-order valence-corrected chi connectivity index (χ1v) is 12.6. The highest BCUT2D eigenvalue weighted by Gasteiger charge is 2.27. The fraction of sp³-hybridized carbons (Fsp3) is 0.440. The first-order chi connectivity index (χ1) is 16.5. The summed E-state index contributed by atoms with van der Waals surface area (Å²) in [5.74, 6) is -0.0658. The Morgan fingerprint density at radius 3 is 2.47 bits per heavy atom. The molecule has 1 aliphatic rings. The number of aromatic nitrogens is 2. The van der Waals surface area contributed by atoms with Crippen LogP contribution in [0.25, 0.3) is 10.2 Å². The number of carbonyl (C=O) groups excluding carboxylic acids is 2. The highest BCUT2D eigenvalue weighted by Crippen LogP contribution is 2.29. The molecule has 2 aromatic heterocycles. The average molecular weight is 483 g/mol. The maximum absolute atomic E-state index is 13.3. The zero-order valence-electron chi connectivity index (χ0n) is 19.3. The third-order valence-corrected chi connectivity index (χ3v) is 7.51. The molecule has 2 amide bonds. The van der Waals surface area contributed by atoms with Crippen LogP contribution in [0.15, 0.2) is 51.4 Å². The molecule has 0 bridgehead atoms. The lowest BCUT2D eigenvalue weighted by Crippen LogP contribution is -2.44. The number of nitrogens with one attached hydrogen (secondary N) is 2. The topological polar surface area (TPSA) is 102 Å². The largest absolute Gasteiger partial charge is 0.359 e. The van der Waals surface area contributed by atoms with Gasteiger partial charge in [-0.2, -0.15) is 0 Å². The zero-order valence-corrected chi connectivity index (χ0v) is 20.1. The summed E-state index contributed by atoms with van der Waals surface area (Å²) >= 11 is 1.28. The molecule has 0 radical (unpaired) electrons. The van der Waals surface area contributed by atoms with Gasteiger partial charge >= 0.3 is 5.69 Å². The van der Waals surface area contributed by atoms with Crippen LogP contribution in [0.3, 0.4) is 0 Å². The van der Waals surface area contributed by atoms with Crippen molar-refractivity contribution in [3.8, 4) is 0 Å². The number of benzene rings is 1. The normalized spacial score (nSPS) is 18.0. The van der Waals surface area contributed by atoms with E-state index in [1.165, 1.54) is 20.5 Å². The van der Waals surface area contributed by atoms with Gasteiger partial charge in [-0.05, 0) is 55.0 Å². The fourth-order valence-corrected chi connectivity index (χ4v) is 5.55. The van der Waals surface area contributed by atoms with Gasteiger partial charge in [-0.1, -0.05) is 30.3 Å². The molecule has 2 N–H and O–H groups in total. The lowest BCUT2D eigenvalue weighted by molar-refractivity contribution is -0.125. The van der Waals surface area contributed by atoms with E-state index in [1.807, 2.05) is 30.3 Å². The third kappa shape index (κ3) is 5.30. The van der Waals surface area contributed by atoms with Crippen molar-refractivity contribution in [1.82, 2.24) is 19.8 Å². The minimum Gasteiger partial charge on any atom is -0.359 e. The Labute approximate surface area is 201 Å². The minimum absolute atomic E-state index is 0.00557. The number of fused-ring (bicyclic) bond motifs is 1. The van der Waals surface area contributed by atoms with Crippen LogP contribution < -0.4 is 21.9 Å². The maximum Gasteiger partial charge on any atom is 0.332 e. The van der Waals surface area contributed by atoms with Crippen molar-refractivity contribution in [2.24, 2.45) is 11.8 Å². The van der Waals surface area contributed by atoms with Crippen LogP contribution >= 0.6 is 11.3 Å². The number of hydrogen-bond donors (Lipinski definition) is 2. The molecule has 1 saturated carbocycles. The standard InChI is InChI=1S/C25H30N4O4S/c1-26-23(31)19-9-7-18(8-10-19)15-29-24(32)22-20(12-14-34-22)28(25(29)33)16-21(30)27-13-11-17-5-3-2-4-6-17/h2-6,12,14,18-19H,7-11,13,15-16H2,1H3,(H,26,31)(H,27,30). The number of thiophene rings is 1. The van der Waals surface area contributed by atoms with Gasteiger partial charge in [0, 0.05) is 26.1 Å². The Kier molecular flexibility index (Phi) is 7.62. The molecule has 0 unspecified atom stereocenters. The minimum atomic E-state index is -0.456. The summed E-state index contributed by atoms with van der Waals surface area (Å²) in [6, 6.07) is 11.6. The molecular formula is C25H30N4O4S. The van der Waals surface area contributed by atoms with E-state index in [0.717, 1.165) is 31.2 Å². The van der Waals surface area contributed by atoms with E-state index >= 15 is 0 Å². The van der Waals surface area contributed by atoms with Crippen molar-refractivity contribution < 1.29 is 9.59 Å². The Morgan fingerprint density at radius 1 is 1.03 bits per heavy atom. The number of rotatable bonds is 8. The molecule has 180 valence electrons. The van der Waals surface area contributed by atoms with Crippen molar-refractivity contribution >= 4 is 33.4 Å². The predicted octanol–water partition coefficient (Wildman–Crippen LogP) is 2.14. The van der Waals surface area contributed by atoms with E-state index in [2.05, 4.69) is 10.6 Å². The molecule has 34 heavy (non-hydrogen) atoms. The first-order valence-electron chi connectivity index (χ1n) is 11.7. The van der Waals surface area contributed by atoms with Crippen LogP contribution in [0.2, 0.25) is 0 Å². The van der Waals surface area contributed by atoms with Crippen LogP contribution in [0.5, 0.6) is 0 Å². The summed E-state index contributed by atoms with van der Waals surface area (Å²) in [7, 11) is 1.64. The Bertz CT molecular complexity index is 1270. The summed E-state index contributed by atoms with van der Waals surface area (Å²) in [5.41, 5.74) is 0.865. The van der Waals surface area contributed by atoms with E-state index in [-0.39, 0.29) is 35.8 Å². The molecule has 1 aliphatic carbocycles. The summed E-state index contributed by atoms with van der Waals surface area (Å²) in [5, 5.41) is 7.35. The molecule has 4 rings (SSSR count). The van der Waals surface area contributed by atoms with Crippen molar-refractivity contribution in [2.45, 2.75) is 45.2 Å². The monoisotopic (exact) mass is 482 g/mol. The second-order valence-electron chi connectivity index (χ2n) is 8.84. The molecule has 0 spiro atoms. The van der Waals surface area contributed by atoms with Crippen LogP contribution in [0.4, 0.5) is 0 Å². The van der Waals surface area contributed by atoms with Crippen LogP contribution in [-0.4, -0.2) is 34.5 Å². The van der Waals surface area contributed by atoms with Gasteiger partial charge in [0.25, 0.3) is 5.56 Å². The number of carbonyl (C=O) groups is 2. The van der Waals surface area contributed by atoms with Crippen molar-refractivity contribution in [2.75, 3.05) is 13.6 Å². The molecule has 1 fully saturated rings. The molecule has 0 aliphatic heterocycles. The second kappa shape index (κ2) is 10.8. The quantitative estimate of drug-likeness (QED) is 0.514. The molecule has 0 saturated heterocycles. The van der Waals surface area contributed by atoms with Gasteiger partial charge < -0.3 is 10.6 Å². The molecule has 1 aromatic carbocycles. The number of nitrogens with zero attached hydrogens (tertiary/aromatic N) is 2. The second-order valence-corrected chi connectivity index (χ2v) is 9.75. The van der Waals surface area contributed by atoms with Crippen molar-refractivity contribution in [3.63, 3.8) is 0 Å². The van der Waals surface area contributed by atoms with E-state index in [9.17, 15) is 19.2 Å². The van der Waals surface area contributed by atoms with Gasteiger partial charge in [-0.3, -0.25) is 23.5 Å². The van der Waals surface area contributed by atoms with Crippen LogP contribution in [0, 0.1) is 11.8 Å². The van der Waals surface area contributed by atoms with Gasteiger partial charge in [0.2, 0.25) is 11.8 Å². The van der Waals surface area contributed by atoms with E-state index < -0.39 is 5.69 Å². The van der Waals surface area contributed by atoms with Gasteiger partial charge in [0.05, 0.1) is 5.52 Å². The van der Waals surface area contributed by atoms with Crippen molar-refractivity contribution in [3.05, 3.63) is 68.2 Å². The molecule has 3 aromatic rings. The number of amides is 2. The molecular weight excluding hydrogens is 452 g/mol. The van der Waals surface area contributed by atoms with Crippen LogP contribution in [0.1, 0.15) is 31.2 Å². The van der Waals surface area contributed by atoms with Gasteiger partial charge in [-0.15, -0.1) is 11.3 Å². The Hall–Kier alpha value is -3.20. The maximum atomic E-state index is 13.3. The third-order valence-electron chi connectivity index (χ3n) is 6.62. The number of hydrogen-bond acceptors (Lipinski definition) is 5. The van der Waals surface area contributed by atoms with E-state index in [4.69, 9.17) is 0 Å². The Morgan fingerprint density at radius 2 is 1.76 bits per heavy atom. The molecule has 9 heteroatoms. The van der Waals surface area contributed by atoms with E-state index in [0.29, 0.717) is 29.7 Å². The first kappa shape index (κ1) is 23.9. The van der Waals surface area contributed by atoms with Gasteiger partial charge in [-0.25, -0.2) is 4.79 Å². The zero-order chi connectivity index (χ0) is 24.1. The summed E-state index contributed by atoms with van der Waals surface area (Å²) < 4.78 is 3.16. The lowest BCUT2D eigenvalue weighted by atomic mass is 9.81. The van der Waals surface area contributed by atoms with Crippen LogP contribution in [-0.2, 0) is 29.1 Å². The molecule has 8 nitrogen and oxygen atoms in total. The predicted molar refractivity (Wildman–Crippen MR) is 133 cm³/mol. The molecule has 2 heterocycles. The summed E-state index contributed by atoms with van der Waals surface area (Å²) in [6.07, 6.45) is 3.77. The van der Waals surface area contributed by atoms with E-state index in [1.54, 1.807) is 18.5 Å². The van der Waals surface area contributed by atoms with Gasteiger partial charge in [0.15, 0.2) is 0 Å². The highest BCUT2D eigenvalue weighted by atomic mass is 32.1. The molecule has 0 atom stereocenters. The fourth-order valence-electron chi connectivity index (χ4n) is 4.71. The lowest BCUT2D eigenvalue weighted by Gasteiger charge is -2.27. The van der Waals surface area contributed by atoms with Gasteiger partial charge in [0.1, 0.15) is 11.2 Å². The SMILES string of the molecule is CNC(=O)C1CCC(Cn2c(=O)c3sccc3n(CC(=O)NCCc3ccccc3)c2=O)CC1. The van der Waals surface area contributed by atoms with Crippen molar-refractivity contribution in [1.29, 1.82) is 0 Å². The Balaban J connectivity index is 1.48. The average Bonchev–Trinajstić information content (AvgIpc) is 3.35. The summed E-state index contributed by atoms with van der Waals surface area (Å²) in [6.45, 7) is 0.644.